The van der Waals surface area contributed by atoms with Crippen molar-refractivity contribution in [2.75, 3.05) is 13.7 Å². The van der Waals surface area contributed by atoms with Gasteiger partial charge in [-0.25, -0.2) is 4.39 Å². The zero-order chi connectivity index (χ0) is 12.9. The Morgan fingerprint density at radius 2 is 2.12 bits per heavy atom. The van der Waals surface area contributed by atoms with Crippen molar-refractivity contribution in [3.05, 3.63) is 34.6 Å². The fraction of sp³-hybridized carbons (Fsp3) is 0.538. The molecule has 96 valence electrons. The first-order chi connectivity index (χ1) is 7.94. The summed E-state index contributed by atoms with van der Waals surface area (Å²) in [5.41, 5.74) is 0.861. The molecule has 0 radical (unpaired) electrons. The first-order valence-corrected chi connectivity index (χ1v) is 6.02. The Kier molecular flexibility index (Phi) is 5.37. The highest BCUT2D eigenvalue weighted by molar-refractivity contribution is 6.30. The molecule has 4 heteroatoms. The lowest BCUT2D eigenvalue weighted by atomic mass is 10.1. The van der Waals surface area contributed by atoms with Crippen LogP contribution in [0.1, 0.15) is 25.8 Å². The van der Waals surface area contributed by atoms with Crippen molar-refractivity contribution in [1.82, 2.24) is 5.32 Å². The van der Waals surface area contributed by atoms with E-state index < -0.39 is 0 Å². The van der Waals surface area contributed by atoms with Gasteiger partial charge in [-0.05, 0) is 44.5 Å². The zero-order valence-electron chi connectivity index (χ0n) is 10.5. The van der Waals surface area contributed by atoms with Crippen molar-refractivity contribution in [2.24, 2.45) is 0 Å². The summed E-state index contributed by atoms with van der Waals surface area (Å²) in [6, 6.07) is 4.76. The number of hydrogen-bond acceptors (Lipinski definition) is 2. The topological polar surface area (TPSA) is 21.3 Å². The van der Waals surface area contributed by atoms with Crippen LogP contribution in [0.2, 0.25) is 5.02 Å². The molecule has 0 aliphatic rings. The van der Waals surface area contributed by atoms with Crippen LogP contribution in [0.4, 0.5) is 4.39 Å². The van der Waals surface area contributed by atoms with Crippen LogP contribution >= 0.6 is 11.6 Å². The van der Waals surface area contributed by atoms with Crippen LogP contribution in [-0.4, -0.2) is 19.3 Å². The van der Waals surface area contributed by atoms with Gasteiger partial charge in [-0.2, -0.15) is 0 Å². The van der Waals surface area contributed by atoms with Crippen LogP contribution in [0.5, 0.6) is 0 Å². The molecule has 1 N–H and O–H groups in total. The smallest absolute Gasteiger partial charge is 0.141 e. The molecule has 0 atom stereocenters. The molecule has 0 spiro atoms. The van der Waals surface area contributed by atoms with Crippen molar-refractivity contribution in [3.63, 3.8) is 0 Å². The molecule has 0 aliphatic heterocycles. The summed E-state index contributed by atoms with van der Waals surface area (Å²) in [5, 5.41) is 3.45. The van der Waals surface area contributed by atoms with Crippen molar-refractivity contribution in [2.45, 2.75) is 32.4 Å². The highest BCUT2D eigenvalue weighted by Crippen LogP contribution is 2.16. The number of hydrogen-bond donors (Lipinski definition) is 1. The second-order valence-corrected chi connectivity index (χ2v) is 5.05. The summed E-state index contributed by atoms with van der Waals surface area (Å²) in [5.74, 6) is -0.379. The van der Waals surface area contributed by atoms with E-state index in [-0.39, 0.29) is 16.4 Å². The van der Waals surface area contributed by atoms with E-state index in [0.717, 1.165) is 18.5 Å². The quantitative estimate of drug-likeness (QED) is 0.791. The van der Waals surface area contributed by atoms with E-state index in [9.17, 15) is 4.39 Å². The van der Waals surface area contributed by atoms with Gasteiger partial charge < -0.3 is 10.1 Å². The van der Waals surface area contributed by atoms with Gasteiger partial charge in [0, 0.05) is 13.7 Å². The van der Waals surface area contributed by atoms with Crippen LogP contribution in [0.25, 0.3) is 0 Å². The van der Waals surface area contributed by atoms with E-state index in [4.69, 9.17) is 16.3 Å². The molecule has 0 aromatic heterocycles. The molecule has 0 bridgehead atoms. The van der Waals surface area contributed by atoms with Crippen molar-refractivity contribution >= 4 is 11.6 Å². The van der Waals surface area contributed by atoms with Gasteiger partial charge in [-0.15, -0.1) is 0 Å². The molecule has 0 aliphatic carbocycles. The molecule has 0 heterocycles. The average Bonchev–Trinajstić information content (AvgIpc) is 2.29. The van der Waals surface area contributed by atoms with E-state index in [1.165, 1.54) is 6.07 Å². The van der Waals surface area contributed by atoms with Crippen molar-refractivity contribution in [1.29, 1.82) is 0 Å². The minimum Gasteiger partial charge on any atom is -0.379 e. The highest BCUT2D eigenvalue weighted by atomic mass is 35.5. The SMILES string of the molecule is COC(C)(C)CCNCc1ccc(F)c(Cl)c1. The Morgan fingerprint density at radius 1 is 1.41 bits per heavy atom. The number of benzene rings is 1. The van der Waals surface area contributed by atoms with Crippen molar-refractivity contribution < 1.29 is 9.13 Å². The highest BCUT2D eigenvalue weighted by Gasteiger charge is 2.14. The summed E-state index contributed by atoms with van der Waals surface area (Å²) < 4.78 is 18.2. The minimum atomic E-state index is -0.379. The van der Waals surface area contributed by atoms with Crippen LogP contribution in [-0.2, 0) is 11.3 Å². The first-order valence-electron chi connectivity index (χ1n) is 5.64. The molecule has 1 aromatic carbocycles. The van der Waals surface area contributed by atoms with Crippen molar-refractivity contribution in [3.8, 4) is 0 Å². The van der Waals surface area contributed by atoms with Crippen LogP contribution in [0.3, 0.4) is 0 Å². The second-order valence-electron chi connectivity index (χ2n) is 4.64. The predicted molar refractivity (Wildman–Crippen MR) is 68.8 cm³/mol. The maximum absolute atomic E-state index is 12.9. The number of ether oxygens (including phenoxy) is 1. The van der Waals surface area contributed by atoms with E-state index >= 15 is 0 Å². The Morgan fingerprint density at radius 3 is 2.71 bits per heavy atom. The molecule has 0 saturated carbocycles. The molecular formula is C13H19ClFNO. The summed E-state index contributed by atoms with van der Waals surface area (Å²) in [6.07, 6.45) is 0.915. The number of methoxy groups -OCH3 is 1. The summed E-state index contributed by atoms with van der Waals surface area (Å²) in [7, 11) is 1.71. The third-order valence-electron chi connectivity index (χ3n) is 2.77. The number of rotatable bonds is 6. The first kappa shape index (κ1) is 14.4. The van der Waals surface area contributed by atoms with Gasteiger partial charge in [0.2, 0.25) is 0 Å². The van der Waals surface area contributed by atoms with Gasteiger partial charge in [0.25, 0.3) is 0 Å². The predicted octanol–water partition coefficient (Wildman–Crippen LogP) is 3.38. The molecule has 1 rings (SSSR count). The standard InChI is InChI=1S/C13H19ClFNO/c1-13(2,17-3)6-7-16-9-10-4-5-12(15)11(14)8-10/h4-5,8,16H,6-7,9H2,1-3H3. The van der Waals surface area contributed by atoms with Gasteiger partial charge in [-0.3, -0.25) is 0 Å². The zero-order valence-corrected chi connectivity index (χ0v) is 11.3. The molecule has 0 unspecified atom stereocenters. The fourth-order valence-corrected chi connectivity index (χ4v) is 1.58. The third-order valence-corrected chi connectivity index (χ3v) is 3.06. The van der Waals surface area contributed by atoms with Gasteiger partial charge in [0.15, 0.2) is 0 Å². The lowest BCUT2D eigenvalue weighted by Gasteiger charge is -2.22. The summed E-state index contributed by atoms with van der Waals surface area (Å²) in [6.45, 7) is 5.61. The molecular weight excluding hydrogens is 241 g/mol. The minimum absolute atomic E-state index is 0.118. The Balaban J connectivity index is 2.34. The van der Waals surface area contributed by atoms with Gasteiger partial charge in [0.1, 0.15) is 5.82 Å². The normalized spacial score (nSPS) is 11.8. The Labute approximate surface area is 107 Å². The largest absolute Gasteiger partial charge is 0.379 e. The lowest BCUT2D eigenvalue weighted by molar-refractivity contribution is 0.0158. The summed E-state index contributed by atoms with van der Waals surface area (Å²) >= 11 is 5.70. The number of halogens is 2. The molecule has 17 heavy (non-hydrogen) atoms. The third kappa shape index (κ3) is 5.02. The van der Waals surface area contributed by atoms with Gasteiger partial charge in [-0.1, -0.05) is 17.7 Å². The molecule has 0 fully saturated rings. The Bertz CT molecular complexity index is 368. The van der Waals surface area contributed by atoms with Crippen LogP contribution < -0.4 is 5.32 Å². The fourth-order valence-electron chi connectivity index (χ4n) is 1.37. The van der Waals surface area contributed by atoms with E-state index in [1.807, 2.05) is 13.8 Å². The van der Waals surface area contributed by atoms with Crippen LogP contribution in [0, 0.1) is 5.82 Å². The second kappa shape index (κ2) is 6.34. The van der Waals surface area contributed by atoms with E-state index in [0.29, 0.717) is 6.54 Å². The summed E-state index contributed by atoms with van der Waals surface area (Å²) in [4.78, 5) is 0. The monoisotopic (exact) mass is 259 g/mol. The molecule has 1 aromatic rings. The Hall–Kier alpha value is -0.640. The average molecular weight is 260 g/mol. The maximum atomic E-state index is 12.9. The molecule has 0 amide bonds. The molecule has 2 nitrogen and oxygen atoms in total. The van der Waals surface area contributed by atoms with Crippen LogP contribution in [0.15, 0.2) is 18.2 Å². The van der Waals surface area contributed by atoms with Gasteiger partial charge >= 0.3 is 0 Å². The maximum Gasteiger partial charge on any atom is 0.141 e. The molecule has 0 saturated heterocycles. The van der Waals surface area contributed by atoms with Gasteiger partial charge in [0.05, 0.1) is 10.6 Å². The number of nitrogens with one attached hydrogen (secondary N) is 1. The van der Waals surface area contributed by atoms with E-state index in [2.05, 4.69) is 5.32 Å². The lowest BCUT2D eigenvalue weighted by Crippen LogP contribution is -2.28. The van der Waals surface area contributed by atoms with E-state index in [1.54, 1.807) is 19.2 Å².